The average Bonchev–Trinajstić information content (AvgIpc) is 2.29. The molecular weight excluding hydrogens is 252 g/mol. The van der Waals surface area contributed by atoms with E-state index in [9.17, 15) is 4.79 Å². The van der Waals surface area contributed by atoms with E-state index >= 15 is 0 Å². The van der Waals surface area contributed by atoms with E-state index in [2.05, 4.69) is 0 Å². The highest BCUT2D eigenvalue weighted by atomic mass is 35.5. The molecule has 2 atom stereocenters. The van der Waals surface area contributed by atoms with Crippen molar-refractivity contribution in [2.45, 2.75) is 38.8 Å². The summed E-state index contributed by atoms with van der Waals surface area (Å²) in [6.45, 7) is 3.73. The van der Waals surface area contributed by atoms with Crippen molar-refractivity contribution in [1.82, 2.24) is 0 Å². The number of carbonyl (C=O) groups excluding carboxylic acids is 1. The molecule has 1 amide bonds. The maximum atomic E-state index is 11.2. The molecule has 0 aliphatic carbocycles. The highest BCUT2D eigenvalue weighted by molar-refractivity contribution is 6.31. The number of rotatable bonds is 6. The second kappa shape index (κ2) is 6.61. The molecule has 5 heteroatoms. The van der Waals surface area contributed by atoms with Gasteiger partial charge in [-0.25, -0.2) is 0 Å². The summed E-state index contributed by atoms with van der Waals surface area (Å²) in [4.78, 5) is 11.2. The van der Waals surface area contributed by atoms with Crippen LogP contribution in [0.4, 0.5) is 0 Å². The lowest BCUT2D eigenvalue weighted by molar-refractivity contribution is -0.124. The third-order valence-corrected chi connectivity index (χ3v) is 2.91. The lowest BCUT2D eigenvalue weighted by atomic mass is 10.1. The summed E-state index contributed by atoms with van der Waals surface area (Å²) in [5, 5.41) is 0.587. The van der Waals surface area contributed by atoms with Crippen LogP contribution in [0.2, 0.25) is 5.02 Å². The molecule has 0 radical (unpaired) electrons. The Balaban J connectivity index is 3.00. The van der Waals surface area contributed by atoms with Crippen LogP contribution in [0.15, 0.2) is 18.2 Å². The van der Waals surface area contributed by atoms with Crippen LogP contribution in [0.5, 0.6) is 5.75 Å². The average molecular weight is 271 g/mol. The van der Waals surface area contributed by atoms with Crippen molar-refractivity contribution in [3.8, 4) is 5.75 Å². The van der Waals surface area contributed by atoms with Crippen LogP contribution >= 0.6 is 11.6 Å². The van der Waals surface area contributed by atoms with Crippen LogP contribution in [0.1, 0.15) is 25.8 Å². The minimum absolute atomic E-state index is 0.0408. The summed E-state index contributed by atoms with van der Waals surface area (Å²) in [7, 11) is 0. The van der Waals surface area contributed by atoms with Crippen molar-refractivity contribution in [2.75, 3.05) is 0 Å². The first-order valence-electron chi connectivity index (χ1n) is 5.94. The Morgan fingerprint density at radius 2 is 2.17 bits per heavy atom. The van der Waals surface area contributed by atoms with Gasteiger partial charge in [0.25, 0.3) is 5.91 Å². The van der Waals surface area contributed by atoms with Crippen molar-refractivity contribution in [2.24, 2.45) is 11.5 Å². The number of ether oxygens (including phenoxy) is 1. The van der Waals surface area contributed by atoms with E-state index in [0.29, 0.717) is 23.6 Å². The van der Waals surface area contributed by atoms with E-state index in [1.807, 2.05) is 13.8 Å². The maximum absolute atomic E-state index is 11.2. The zero-order valence-electron chi connectivity index (χ0n) is 10.7. The normalized spacial score (nSPS) is 14.0. The second-order valence-electron chi connectivity index (χ2n) is 4.32. The maximum Gasteiger partial charge on any atom is 0.258 e. The molecule has 4 N–H and O–H groups in total. The SMILES string of the molecule is CCC(Oc1cccc(Cl)c1CC(C)N)C(N)=O. The molecule has 18 heavy (non-hydrogen) atoms. The molecule has 0 aliphatic heterocycles. The molecule has 0 saturated carbocycles. The lowest BCUT2D eigenvalue weighted by Crippen LogP contribution is -2.33. The number of amides is 1. The highest BCUT2D eigenvalue weighted by Crippen LogP contribution is 2.28. The van der Waals surface area contributed by atoms with E-state index in [1.165, 1.54) is 0 Å². The van der Waals surface area contributed by atoms with E-state index in [1.54, 1.807) is 18.2 Å². The zero-order chi connectivity index (χ0) is 13.7. The lowest BCUT2D eigenvalue weighted by Gasteiger charge is -2.18. The molecule has 0 heterocycles. The molecule has 0 aromatic heterocycles. The van der Waals surface area contributed by atoms with Crippen LogP contribution in [0.25, 0.3) is 0 Å². The highest BCUT2D eigenvalue weighted by Gasteiger charge is 2.18. The van der Waals surface area contributed by atoms with Crippen molar-refractivity contribution >= 4 is 17.5 Å². The van der Waals surface area contributed by atoms with Gasteiger partial charge < -0.3 is 16.2 Å². The molecule has 0 fully saturated rings. The van der Waals surface area contributed by atoms with Crippen LogP contribution in [-0.4, -0.2) is 18.1 Å². The van der Waals surface area contributed by atoms with Gasteiger partial charge in [-0.05, 0) is 31.9 Å². The Morgan fingerprint density at radius 1 is 1.50 bits per heavy atom. The number of primary amides is 1. The summed E-state index contributed by atoms with van der Waals surface area (Å²) >= 11 is 6.13. The smallest absolute Gasteiger partial charge is 0.258 e. The Morgan fingerprint density at radius 3 is 2.67 bits per heavy atom. The Kier molecular flexibility index (Phi) is 5.44. The van der Waals surface area contributed by atoms with Gasteiger partial charge in [-0.1, -0.05) is 24.6 Å². The standard InChI is InChI=1S/C13H19ClN2O2/c1-3-11(13(16)17)18-12-6-4-5-10(14)9(12)7-8(2)15/h4-6,8,11H,3,7,15H2,1-2H3,(H2,16,17). The van der Waals surface area contributed by atoms with Gasteiger partial charge >= 0.3 is 0 Å². The predicted octanol–water partition coefficient (Wildman–Crippen LogP) is 1.87. The Labute approximate surface area is 112 Å². The topological polar surface area (TPSA) is 78.3 Å². The van der Waals surface area contributed by atoms with Crippen molar-refractivity contribution in [3.05, 3.63) is 28.8 Å². The molecule has 1 aromatic rings. The summed E-state index contributed by atoms with van der Waals surface area (Å²) in [5.41, 5.74) is 11.9. The third kappa shape index (κ3) is 3.89. The molecular formula is C13H19ClN2O2. The van der Waals surface area contributed by atoms with E-state index in [0.717, 1.165) is 5.56 Å². The molecule has 0 aliphatic rings. The molecule has 1 aromatic carbocycles. The fourth-order valence-corrected chi connectivity index (χ4v) is 1.91. The predicted molar refractivity (Wildman–Crippen MR) is 72.7 cm³/mol. The van der Waals surface area contributed by atoms with Crippen LogP contribution < -0.4 is 16.2 Å². The first-order chi connectivity index (χ1) is 8.45. The fraction of sp³-hybridized carbons (Fsp3) is 0.462. The first-order valence-corrected chi connectivity index (χ1v) is 6.32. The van der Waals surface area contributed by atoms with Gasteiger partial charge in [-0.2, -0.15) is 0 Å². The van der Waals surface area contributed by atoms with Crippen molar-refractivity contribution in [3.63, 3.8) is 0 Å². The van der Waals surface area contributed by atoms with Gasteiger partial charge in [-0.15, -0.1) is 0 Å². The zero-order valence-corrected chi connectivity index (χ0v) is 11.4. The van der Waals surface area contributed by atoms with Crippen molar-refractivity contribution < 1.29 is 9.53 Å². The van der Waals surface area contributed by atoms with Crippen LogP contribution in [-0.2, 0) is 11.2 Å². The largest absolute Gasteiger partial charge is 0.480 e. The summed E-state index contributed by atoms with van der Waals surface area (Å²) < 4.78 is 5.62. The summed E-state index contributed by atoms with van der Waals surface area (Å²) in [6, 6.07) is 5.28. The monoisotopic (exact) mass is 270 g/mol. The molecule has 100 valence electrons. The number of hydrogen-bond acceptors (Lipinski definition) is 3. The quantitative estimate of drug-likeness (QED) is 0.828. The van der Waals surface area contributed by atoms with Gasteiger partial charge in [0.2, 0.25) is 0 Å². The molecule has 4 nitrogen and oxygen atoms in total. The van der Waals surface area contributed by atoms with Gasteiger partial charge in [0.1, 0.15) is 5.75 Å². The number of carbonyl (C=O) groups is 1. The van der Waals surface area contributed by atoms with Crippen LogP contribution in [0.3, 0.4) is 0 Å². The Hall–Kier alpha value is -1.26. The van der Waals surface area contributed by atoms with Gasteiger partial charge in [0, 0.05) is 16.6 Å². The van der Waals surface area contributed by atoms with E-state index < -0.39 is 12.0 Å². The molecule has 1 rings (SSSR count). The molecule has 0 bridgehead atoms. The molecule has 0 spiro atoms. The summed E-state index contributed by atoms with van der Waals surface area (Å²) in [5.74, 6) is 0.0923. The van der Waals surface area contributed by atoms with Gasteiger partial charge in [0.05, 0.1) is 0 Å². The van der Waals surface area contributed by atoms with Crippen molar-refractivity contribution in [1.29, 1.82) is 0 Å². The Bertz CT molecular complexity index is 421. The number of benzene rings is 1. The number of halogens is 1. The van der Waals surface area contributed by atoms with E-state index in [4.69, 9.17) is 27.8 Å². The van der Waals surface area contributed by atoms with Gasteiger partial charge in [-0.3, -0.25) is 4.79 Å². The fourth-order valence-electron chi connectivity index (χ4n) is 1.67. The van der Waals surface area contributed by atoms with E-state index in [-0.39, 0.29) is 6.04 Å². The summed E-state index contributed by atoms with van der Waals surface area (Å²) in [6.07, 6.45) is 0.458. The minimum atomic E-state index is -0.643. The minimum Gasteiger partial charge on any atom is -0.480 e. The molecule has 0 saturated heterocycles. The first kappa shape index (κ1) is 14.8. The number of hydrogen-bond donors (Lipinski definition) is 2. The van der Waals surface area contributed by atoms with Crippen LogP contribution in [0, 0.1) is 0 Å². The number of nitrogens with two attached hydrogens (primary N) is 2. The second-order valence-corrected chi connectivity index (χ2v) is 4.72. The molecule has 2 unspecified atom stereocenters. The third-order valence-electron chi connectivity index (χ3n) is 2.56. The van der Waals surface area contributed by atoms with Gasteiger partial charge in [0.15, 0.2) is 6.10 Å².